The Balaban J connectivity index is 1.46. The number of nitrogens with zero attached hydrogens (tertiary/aromatic N) is 5. The average molecular weight is 548 g/mol. The van der Waals surface area contributed by atoms with Crippen LogP contribution in [0.25, 0.3) is 11.7 Å². The number of fused-ring (bicyclic) bond motifs is 1. The van der Waals surface area contributed by atoms with Crippen LogP contribution < -0.4 is 10.5 Å². The molecule has 1 amide bonds. The van der Waals surface area contributed by atoms with Gasteiger partial charge in [-0.15, -0.1) is 0 Å². The van der Waals surface area contributed by atoms with Crippen molar-refractivity contribution < 1.29 is 4.79 Å². The lowest BCUT2D eigenvalue weighted by Crippen LogP contribution is -2.47. The van der Waals surface area contributed by atoms with E-state index >= 15 is 0 Å². The van der Waals surface area contributed by atoms with Crippen LogP contribution in [0.5, 0.6) is 0 Å². The van der Waals surface area contributed by atoms with Crippen LogP contribution in [0.15, 0.2) is 58.4 Å². The van der Waals surface area contributed by atoms with Gasteiger partial charge in [0.05, 0.1) is 10.5 Å². The van der Waals surface area contributed by atoms with Crippen LogP contribution in [-0.2, 0) is 11.3 Å². The first-order valence-electron chi connectivity index (χ1n) is 13.2. The molecule has 0 radical (unpaired) electrons. The Morgan fingerprint density at radius 1 is 1.03 bits per heavy atom. The second kappa shape index (κ2) is 11.8. The predicted octanol–water partition coefficient (Wildman–Crippen LogP) is 4.72. The number of pyridine rings is 1. The molecule has 2 aliphatic rings. The van der Waals surface area contributed by atoms with Gasteiger partial charge < -0.3 is 4.90 Å². The Morgan fingerprint density at radius 3 is 2.53 bits per heavy atom. The summed E-state index contributed by atoms with van der Waals surface area (Å²) in [4.78, 5) is 38.8. The molecule has 0 aliphatic carbocycles. The molecule has 0 atom stereocenters. The summed E-state index contributed by atoms with van der Waals surface area (Å²) in [6.07, 6.45) is 6.49. The molecule has 0 spiro atoms. The summed E-state index contributed by atoms with van der Waals surface area (Å²) in [6.45, 7) is 8.83. The maximum absolute atomic E-state index is 13.8. The quantitative estimate of drug-likeness (QED) is 0.230. The molecule has 2 aliphatic heterocycles. The van der Waals surface area contributed by atoms with Gasteiger partial charge in [-0.25, -0.2) is 4.98 Å². The fourth-order valence-corrected chi connectivity index (χ4v) is 6.26. The molecule has 0 N–H and O–H groups in total. The normalized spacial score (nSPS) is 17.8. The lowest BCUT2D eigenvalue weighted by Gasteiger charge is -2.36. The second-order valence-electron chi connectivity index (χ2n) is 9.83. The lowest BCUT2D eigenvalue weighted by atomic mass is 10.1. The minimum absolute atomic E-state index is 0.122. The summed E-state index contributed by atoms with van der Waals surface area (Å²) < 4.78 is 2.14. The van der Waals surface area contributed by atoms with Gasteiger partial charge >= 0.3 is 0 Å². The lowest BCUT2D eigenvalue weighted by molar-refractivity contribution is -0.122. The molecule has 2 fully saturated rings. The van der Waals surface area contributed by atoms with Gasteiger partial charge in [0.2, 0.25) is 0 Å². The number of aromatic nitrogens is 2. The van der Waals surface area contributed by atoms with Crippen LogP contribution in [-0.4, -0.2) is 62.1 Å². The number of benzene rings is 1. The molecule has 38 heavy (non-hydrogen) atoms. The summed E-state index contributed by atoms with van der Waals surface area (Å²) in [5.74, 6) is 0.517. The second-order valence-corrected chi connectivity index (χ2v) is 11.5. The van der Waals surface area contributed by atoms with Gasteiger partial charge in [-0.2, -0.15) is 0 Å². The first-order chi connectivity index (χ1) is 18.5. The Morgan fingerprint density at radius 2 is 1.79 bits per heavy atom. The van der Waals surface area contributed by atoms with Crippen molar-refractivity contribution in [2.45, 2.75) is 39.7 Å². The fourth-order valence-electron chi connectivity index (χ4n) is 4.97. The fraction of sp³-hybridized carbons (Fsp3) is 0.379. The van der Waals surface area contributed by atoms with E-state index in [-0.39, 0.29) is 11.5 Å². The van der Waals surface area contributed by atoms with Gasteiger partial charge in [0.25, 0.3) is 11.5 Å². The van der Waals surface area contributed by atoms with E-state index in [0.29, 0.717) is 32.8 Å². The molecular formula is C29H33N5O2S2. The topological polar surface area (TPSA) is 61.2 Å². The third kappa shape index (κ3) is 5.55. The summed E-state index contributed by atoms with van der Waals surface area (Å²) in [5.41, 5.74) is 3.14. The maximum Gasteiger partial charge on any atom is 0.267 e. The van der Waals surface area contributed by atoms with Crippen LogP contribution in [0.3, 0.4) is 0 Å². The zero-order chi connectivity index (χ0) is 26.6. The maximum atomic E-state index is 13.8. The first-order valence-corrected chi connectivity index (χ1v) is 14.5. The van der Waals surface area contributed by atoms with Gasteiger partial charge in [0.15, 0.2) is 0 Å². The van der Waals surface area contributed by atoms with Gasteiger partial charge in [-0.3, -0.25) is 23.8 Å². The number of hydrogen-bond acceptors (Lipinski definition) is 7. The highest BCUT2D eigenvalue weighted by molar-refractivity contribution is 8.26. The number of thioether (sulfide) groups is 1. The zero-order valence-electron chi connectivity index (χ0n) is 21.9. The van der Waals surface area contributed by atoms with Crippen LogP contribution >= 0.6 is 24.0 Å². The highest BCUT2D eigenvalue weighted by Crippen LogP contribution is 2.34. The molecule has 2 aromatic heterocycles. The van der Waals surface area contributed by atoms with Crippen LogP contribution in [0.4, 0.5) is 5.82 Å². The smallest absolute Gasteiger partial charge is 0.267 e. The van der Waals surface area contributed by atoms with E-state index in [1.807, 2.05) is 25.1 Å². The van der Waals surface area contributed by atoms with Gasteiger partial charge in [-0.1, -0.05) is 80.1 Å². The zero-order valence-corrected chi connectivity index (χ0v) is 23.6. The molecule has 1 aromatic carbocycles. The van der Waals surface area contributed by atoms with Gasteiger partial charge in [0.1, 0.15) is 15.8 Å². The highest BCUT2D eigenvalue weighted by atomic mass is 32.2. The van der Waals surface area contributed by atoms with Gasteiger partial charge in [-0.05, 0) is 36.6 Å². The van der Waals surface area contributed by atoms with Crippen molar-refractivity contribution in [1.82, 2.24) is 19.2 Å². The van der Waals surface area contributed by atoms with E-state index < -0.39 is 0 Å². The minimum atomic E-state index is -0.170. The Kier molecular flexibility index (Phi) is 8.26. The minimum Gasteiger partial charge on any atom is -0.353 e. The summed E-state index contributed by atoms with van der Waals surface area (Å²) in [7, 11) is 0. The van der Waals surface area contributed by atoms with Crippen molar-refractivity contribution in [2.75, 3.05) is 37.6 Å². The average Bonchev–Trinajstić information content (AvgIpc) is 3.19. The monoisotopic (exact) mass is 547 g/mol. The standard InChI is InChI=1S/C29H33N5O2S2/c1-3-4-8-13-34-28(36)24(38-29(34)37)19-23-26(30-25-21(2)10-9-14-33(25)27(23)35)32-17-15-31(16-18-32)20-22-11-6-5-7-12-22/h5-7,9-12,14,19H,3-4,8,13,15-18,20H2,1-2H3/b24-19-. The molecule has 7 nitrogen and oxygen atoms in total. The molecule has 9 heteroatoms. The van der Waals surface area contributed by atoms with Crippen molar-refractivity contribution in [3.8, 4) is 0 Å². The third-order valence-corrected chi connectivity index (χ3v) is 8.50. The van der Waals surface area contributed by atoms with Crippen LogP contribution in [0.2, 0.25) is 0 Å². The number of aryl methyl sites for hydroxylation is 1. The third-order valence-electron chi connectivity index (χ3n) is 7.12. The number of rotatable bonds is 8. The Hall–Kier alpha value is -3.01. The molecule has 5 rings (SSSR count). The van der Waals surface area contributed by atoms with Crippen LogP contribution in [0, 0.1) is 6.92 Å². The highest BCUT2D eigenvalue weighted by Gasteiger charge is 2.33. The number of carbonyl (C=O) groups excluding carboxylic acids is 1. The summed E-state index contributed by atoms with van der Waals surface area (Å²) in [6, 6.07) is 14.3. The molecule has 3 aromatic rings. The number of hydrogen-bond donors (Lipinski definition) is 0. The van der Waals surface area contributed by atoms with Crippen molar-refractivity contribution in [1.29, 1.82) is 0 Å². The van der Waals surface area contributed by atoms with E-state index in [9.17, 15) is 9.59 Å². The van der Waals surface area contributed by atoms with E-state index in [2.05, 4.69) is 41.0 Å². The SMILES string of the molecule is CCCCCN1C(=O)/C(=C/c2c(N3CCN(Cc4ccccc4)CC3)nc3c(C)cccn3c2=O)SC1=S. The number of piperazine rings is 1. The van der Waals surface area contributed by atoms with Crippen molar-refractivity contribution in [2.24, 2.45) is 0 Å². The summed E-state index contributed by atoms with van der Waals surface area (Å²) >= 11 is 6.80. The molecule has 0 saturated carbocycles. The van der Waals surface area contributed by atoms with Crippen molar-refractivity contribution in [3.05, 3.63) is 80.6 Å². The number of amides is 1. The molecule has 0 bridgehead atoms. The van der Waals surface area contributed by atoms with E-state index in [4.69, 9.17) is 17.2 Å². The first kappa shape index (κ1) is 26.6. The number of carbonyl (C=O) groups is 1. The molecule has 4 heterocycles. The van der Waals surface area contributed by atoms with E-state index in [1.165, 1.54) is 17.3 Å². The van der Waals surface area contributed by atoms with Crippen molar-refractivity contribution in [3.63, 3.8) is 0 Å². The van der Waals surface area contributed by atoms with Gasteiger partial charge in [0, 0.05) is 45.5 Å². The molecule has 0 unspecified atom stereocenters. The largest absolute Gasteiger partial charge is 0.353 e. The number of anilines is 1. The Labute approximate surface area is 233 Å². The Bertz CT molecular complexity index is 1430. The molecular weight excluding hydrogens is 514 g/mol. The number of thiocarbonyl (C=S) groups is 1. The van der Waals surface area contributed by atoms with E-state index in [0.717, 1.165) is 57.5 Å². The summed E-state index contributed by atoms with van der Waals surface area (Å²) in [5, 5.41) is 0. The number of unbranched alkanes of at least 4 members (excludes halogenated alkanes) is 2. The molecule has 198 valence electrons. The van der Waals surface area contributed by atoms with Crippen molar-refractivity contribution >= 4 is 51.7 Å². The molecule has 2 saturated heterocycles. The van der Waals surface area contributed by atoms with E-state index in [1.54, 1.807) is 21.6 Å². The van der Waals surface area contributed by atoms with Crippen LogP contribution in [0.1, 0.15) is 42.9 Å². The predicted molar refractivity (Wildman–Crippen MR) is 160 cm³/mol.